The van der Waals surface area contributed by atoms with Gasteiger partial charge in [-0.05, 0) is 13.8 Å². The number of rotatable bonds is 5. The summed E-state index contributed by atoms with van der Waals surface area (Å²) in [4.78, 5) is 12.3. The first-order valence-corrected chi connectivity index (χ1v) is 7.32. The molecule has 1 fully saturated rings. The van der Waals surface area contributed by atoms with E-state index in [1.165, 1.54) is 8.61 Å². The number of hydrogen-bond donors (Lipinski definition) is 1. The predicted molar refractivity (Wildman–Crippen MR) is 67.5 cm³/mol. The lowest BCUT2D eigenvalue weighted by atomic mass is 10.3. The third-order valence-corrected chi connectivity index (χ3v) is 5.27. The zero-order valence-electron chi connectivity index (χ0n) is 11.0. The highest BCUT2D eigenvalue weighted by Crippen LogP contribution is 2.12. The van der Waals surface area contributed by atoms with Crippen molar-refractivity contribution in [2.75, 3.05) is 39.8 Å². The first-order chi connectivity index (χ1) is 8.25. The molecule has 0 unspecified atom stereocenters. The van der Waals surface area contributed by atoms with Gasteiger partial charge in [0.1, 0.15) is 0 Å². The Morgan fingerprint density at radius 2 is 1.78 bits per heavy atom. The largest absolute Gasteiger partial charge is 0.480 e. The predicted octanol–water partition coefficient (Wildman–Crippen LogP) is -0.726. The molecular formula is C10H21N3O4S. The second-order valence-corrected chi connectivity index (χ2v) is 6.67. The molecule has 1 aliphatic rings. The van der Waals surface area contributed by atoms with E-state index in [2.05, 4.69) is 0 Å². The standard InChI is InChI=1S/C10H21N3O4S/c1-9(2)11(3)18(16,17)13-6-4-12(5-7-13)8-10(14)15/h9H,4-8H2,1-3H3,(H,14,15). The maximum absolute atomic E-state index is 12.2. The highest BCUT2D eigenvalue weighted by Gasteiger charge is 2.31. The molecule has 1 rings (SSSR count). The molecule has 0 spiro atoms. The van der Waals surface area contributed by atoms with Gasteiger partial charge in [-0.15, -0.1) is 0 Å². The summed E-state index contributed by atoms with van der Waals surface area (Å²) in [6.07, 6.45) is 0. The summed E-state index contributed by atoms with van der Waals surface area (Å²) in [5.41, 5.74) is 0. The summed E-state index contributed by atoms with van der Waals surface area (Å²) in [7, 11) is -1.86. The van der Waals surface area contributed by atoms with E-state index in [4.69, 9.17) is 5.11 Å². The molecule has 0 aromatic heterocycles. The summed E-state index contributed by atoms with van der Waals surface area (Å²) in [5.74, 6) is -0.884. The van der Waals surface area contributed by atoms with Gasteiger partial charge in [-0.1, -0.05) is 0 Å². The molecule has 106 valence electrons. The molecule has 1 N–H and O–H groups in total. The average Bonchev–Trinajstić information content (AvgIpc) is 2.27. The molecule has 1 aliphatic heterocycles. The van der Waals surface area contributed by atoms with E-state index in [0.29, 0.717) is 26.2 Å². The van der Waals surface area contributed by atoms with Gasteiger partial charge in [0.15, 0.2) is 0 Å². The van der Waals surface area contributed by atoms with E-state index in [1.807, 2.05) is 13.8 Å². The van der Waals surface area contributed by atoms with Crippen LogP contribution in [0.15, 0.2) is 0 Å². The fourth-order valence-electron chi connectivity index (χ4n) is 1.76. The van der Waals surface area contributed by atoms with Gasteiger partial charge in [0.05, 0.1) is 6.54 Å². The third kappa shape index (κ3) is 3.64. The molecule has 0 saturated carbocycles. The van der Waals surface area contributed by atoms with Crippen LogP contribution in [0.2, 0.25) is 0 Å². The van der Waals surface area contributed by atoms with Crippen molar-refractivity contribution in [1.82, 2.24) is 13.5 Å². The molecule has 0 atom stereocenters. The Balaban J connectivity index is 2.60. The van der Waals surface area contributed by atoms with Crippen LogP contribution in [0, 0.1) is 0 Å². The maximum Gasteiger partial charge on any atom is 0.317 e. The molecule has 0 bridgehead atoms. The number of piperazine rings is 1. The summed E-state index contributed by atoms with van der Waals surface area (Å²) in [6.45, 7) is 5.19. The number of aliphatic carboxylic acids is 1. The monoisotopic (exact) mass is 279 g/mol. The molecule has 0 amide bonds. The van der Waals surface area contributed by atoms with Crippen LogP contribution in [-0.4, -0.2) is 78.8 Å². The zero-order valence-corrected chi connectivity index (χ0v) is 11.9. The third-order valence-electron chi connectivity index (χ3n) is 3.11. The van der Waals surface area contributed by atoms with Gasteiger partial charge >= 0.3 is 5.97 Å². The average molecular weight is 279 g/mol. The van der Waals surface area contributed by atoms with Crippen LogP contribution in [0.4, 0.5) is 0 Å². The van der Waals surface area contributed by atoms with Crippen LogP contribution in [-0.2, 0) is 15.0 Å². The second-order valence-electron chi connectivity index (χ2n) is 4.69. The quantitative estimate of drug-likeness (QED) is 0.718. The molecule has 8 heteroatoms. The van der Waals surface area contributed by atoms with Crippen LogP contribution >= 0.6 is 0 Å². The molecule has 0 radical (unpaired) electrons. The van der Waals surface area contributed by atoms with Gasteiger partial charge in [0.2, 0.25) is 0 Å². The van der Waals surface area contributed by atoms with Gasteiger partial charge in [-0.25, -0.2) is 0 Å². The van der Waals surface area contributed by atoms with Crippen molar-refractivity contribution in [2.24, 2.45) is 0 Å². The van der Waals surface area contributed by atoms with Crippen molar-refractivity contribution < 1.29 is 18.3 Å². The summed E-state index contributed by atoms with van der Waals surface area (Å²) < 4.78 is 27.1. The Hall–Kier alpha value is -0.700. The van der Waals surface area contributed by atoms with Crippen LogP contribution in [0.3, 0.4) is 0 Å². The van der Waals surface area contributed by atoms with Crippen molar-refractivity contribution in [3.8, 4) is 0 Å². The minimum Gasteiger partial charge on any atom is -0.480 e. The van der Waals surface area contributed by atoms with Gasteiger partial charge in [-0.3, -0.25) is 9.69 Å². The smallest absolute Gasteiger partial charge is 0.317 e. The molecule has 1 saturated heterocycles. The molecule has 0 aromatic rings. The highest BCUT2D eigenvalue weighted by atomic mass is 32.2. The zero-order chi connectivity index (χ0) is 13.9. The van der Waals surface area contributed by atoms with E-state index in [9.17, 15) is 13.2 Å². The van der Waals surface area contributed by atoms with Crippen molar-refractivity contribution in [3.63, 3.8) is 0 Å². The van der Waals surface area contributed by atoms with Gasteiger partial charge in [0.25, 0.3) is 10.2 Å². The van der Waals surface area contributed by atoms with E-state index in [1.54, 1.807) is 11.9 Å². The van der Waals surface area contributed by atoms with E-state index >= 15 is 0 Å². The lowest BCUT2D eigenvalue weighted by Crippen LogP contribution is -2.54. The van der Waals surface area contributed by atoms with Crippen molar-refractivity contribution in [2.45, 2.75) is 19.9 Å². The maximum atomic E-state index is 12.2. The van der Waals surface area contributed by atoms with E-state index in [0.717, 1.165) is 0 Å². The van der Waals surface area contributed by atoms with Crippen molar-refractivity contribution in [3.05, 3.63) is 0 Å². The lowest BCUT2D eigenvalue weighted by molar-refractivity contribution is -0.138. The van der Waals surface area contributed by atoms with Gasteiger partial charge in [-0.2, -0.15) is 17.0 Å². The van der Waals surface area contributed by atoms with Crippen molar-refractivity contribution in [1.29, 1.82) is 0 Å². The van der Waals surface area contributed by atoms with Gasteiger partial charge in [0, 0.05) is 39.3 Å². The summed E-state index contributed by atoms with van der Waals surface area (Å²) in [6, 6.07) is -0.0907. The molecule has 18 heavy (non-hydrogen) atoms. The Bertz CT molecular complexity index is 388. The fourth-order valence-corrected chi connectivity index (χ4v) is 3.28. The van der Waals surface area contributed by atoms with Gasteiger partial charge < -0.3 is 5.11 Å². The molecule has 0 aromatic carbocycles. The molecule has 1 heterocycles. The minimum absolute atomic E-state index is 0.0338. The van der Waals surface area contributed by atoms with E-state index < -0.39 is 16.2 Å². The Morgan fingerprint density at radius 3 is 2.17 bits per heavy atom. The Labute approximate surface area is 108 Å². The normalized spacial score (nSPS) is 19.6. The Morgan fingerprint density at radius 1 is 1.28 bits per heavy atom. The number of hydrogen-bond acceptors (Lipinski definition) is 4. The van der Waals surface area contributed by atoms with Crippen LogP contribution in [0.25, 0.3) is 0 Å². The number of carbonyl (C=O) groups is 1. The van der Waals surface area contributed by atoms with Crippen LogP contribution in [0.1, 0.15) is 13.8 Å². The van der Waals surface area contributed by atoms with E-state index in [-0.39, 0.29) is 12.6 Å². The minimum atomic E-state index is -3.42. The highest BCUT2D eigenvalue weighted by molar-refractivity contribution is 7.86. The first kappa shape index (κ1) is 15.4. The molecule has 0 aliphatic carbocycles. The SMILES string of the molecule is CC(C)N(C)S(=O)(=O)N1CCN(CC(=O)O)CC1. The Kier molecular flexibility index (Phi) is 5.09. The number of nitrogens with zero attached hydrogens (tertiary/aromatic N) is 3. The second kappa shape index (κ2) is 5.96. The number of carboxylic acid groups (broad SMARTS) is 1. The molecular weight excluding hydrogens is 258 g/mol. The summed E-state index contributed by atoms with van der Waals surface area (Å²) in [5, 5.41) is 8.67. The lowest BCUT2D eigenvalue weighted by Gasteiger charge is -2.36. The fraction of sp³-hybridized carbons (Fsp3) is 0.900. The summed E-state index contributed by atoms with van der Waals surface area (Å²) >= 11 is 0. The van der Waals surface area contributed by atoms with Crippen LogP contribution in [0.5, 0.6) is 0 Å². The van der Waals surface area contributed by atoms with Crippen LogP contribution < -0.4 is 0 Å². The van der Waals surface area contributed by atoms with Crippen molar-refractivity contribution >= 4 is 16.2 Å². The topological polar surface area (TPSA) is 81.2 Å². The first-order valence-electron chi connectivity index (χ1n) is 5.92. The molecule has 7 nitrogen and oxygen atoms in total. The number of carboxylic acids is 1.